The Morgan fingerprint density at radius 3 is 1.80 bits per heavy atom. The zero-order valence-corrected chi connectivity index (χ0v) is 6.61. The minimum Gasteiger partial charge on any atom is -0.376 e. The van der Waals surface area contributed by atoms with Gasteiger partial charge in [-0.1, -0.05) is 0 Å². The van der Waals surface area contributed by atoms with Crippen LogP contribution in [0, 0.1) is 0 Å². The molecule has 0 aliphatic rings. The molecule has 4 nitrogen and oxygen atoms in total. The predicted octanol–water partition coefficient (Wildman–Crippen LogP) is -0.0835. The highest BCUT2D eigenvalue weighted by Gasteiger charge is 2.15. The van der Waals surface area contributed by atoms with Crippen LogP contribution in [0.2, 0.25) is 0 Å². The van der Waals surface area contributed by atoms with E-state index in [2.05, 4.69) is 0 Å². The molecule has 2 N–H and O–H groups in total. The predicted molar refractivity (Wildman–Crippen MR) is 36.8 cm³/mol. The van der Waals surface area contributed by atoms with Crippen molar-refractivity contribution in [1.29, 1.82) is 0 Å². The average Bonchev–Trinajstić information content (AvgIpc) is 1.81. The van der Waals surface area contributed by atoms with Crippen molar-refractivity contribution in [3.63, 3.8) is 0 Å². The molecule has 0 aromatic heterocycles. The molecule has 0 heterocycles. The van der Waals surface area contributed by atoms with Crippen LogP contribution in [0.4, 0.5) is 0 Å². The van der Waals surface area contributed by atoms with Gasteiger partial charge in [0.25, 0.3) is 0 Å². The lowest BCUT2D eigenvalue weighted by Gasteiger charge is -2.25. The van der Waals surface area contributed by atoms with E-state index < -0.39 is 12.5 Å². The molecule has 0 bridgehead atoms. The number of hydrogen-bond acceptors (Lipinski definition) is 4. The van der Waals surface area contributed by atoms with E-state index in [1.54, 1.807) is 6.92 Å². The average molecular weight is 149 g/mol. The van der Waals surface area contributed by atoms with Crippen LogP contribution >= 0.6 is 0 Å². The smallest absolute Gasteiger partial charge is 0.130 e. The van der Waals surface area contributed by atoms with Crippen LogP contribution in [0.3, 0.4) is 0 Å². The minimum atomic E-state index is -0.778. The van der Waals surface area contributed by atoms with Crippen LogP contribution in [0.5, 0.6) is 0 Å². The maximum absolute atomic E-state index is 8.95. The molecule has 0 aromatic carbocycles. The molecular formula is C6H15NO3. The summed E-state index contributed by atoms with van der Waals surface area (Å²) in [6.45, 7) is 5.29. The van der Waals surface area contributed by atoms with Gasteiger partial charge in [-0.15, -0.1) is 5.06 Å². The molecule has 10 heavy (non-hydrogen) atoms. The van der Waals surface area contributed by atoms with E-state index in [9.17, 15) is 0 Å². The van der Waals surface area contributed by atoms with Crippen molar-refractivity contribution in [2.75, 3.05) is 6.61 Å². The second kappa shape index (κ2) is 4.62. The van der Waals surface area contributed by atoms with Gasteiger partial charge >= 0.3 is 0 Å². The Kier molecular flexibility index (Phi) is 4.55. The Morgan fingerprint density at radius 2 is 1.70 bits per heavy atom. The Morgan fingerprint density at radius 1 is 1.30 bits per heavy atom. The van der Waals surface area contributed by atoms with Crippen molar-refractivity contribution < 1.29 is 15.1 Å². The van der Waals surface area contributed by atoms with Gasteiger partial charge in [0.15, 0.2) is 0 Å². The standard InChI is InChI=1S/C6H15NO3/c1-4-10-7(5(2)8)6(3)9/h5-6,8-9H,4H2,1-3H3. The second-order valence-electron chi connectivity index (χ2n) is 2.04. The fourth-order valence-electron chi connectivity index (χ4n) is 0.677. The first-order valence-corrected chi connectivity index (χ1v) is 3.37. The van der Waals surface area contributed by atoms with E-state index in [1.165, 1.54) is 13.8 Å². The summed E-state index contributed by atoms with van der Waals surface area (Å²) < 4.78 is 0. The van der Waals surface area contributed by atoms with Crippen molar-refractivity contribution in [2.45, 2.75) is 33.2 Å². The summed E-state index contributed by atoms with van der Waals surface area (Å²) in [5.74, 6) is 0. The Labute approximate surface area is 61.0 Å². The first-order valence-electron chi connectivity index (χ1n) is 3.37. The van der Waals surface area contributed by atoms with Crippen LogP contribution in [0.25, 0.3) is 0 Å². The highest BCUT2D eigenvalue weighted by Crippen LogP contribution is 2.00. The largest absolute Gasteiger partial charge is 0.376 e. The number of rotatable bonds is 4. The second-order valence-corrected chi connectivity index (χ2v) is 2.04. The first kappa shape index (κ1) is 9.84. The monoisotopic (exact) mass is 149 g/mol. The van der Waals surface area contributed by atoms with E-state index in [1.807, 2.05) is 0 Å². The van der Waals surface area contributed by atoms with E-state index in [0.717, 1.165) is 5.06 Å². The van der Waals surface area contributed by atoms with Crippen LogP contribution in [-0.4, -0.2) is 34.3 Å². The lowest BCUT2D eigenvalue weighted by molar-refractivity contribution is -0.289. The molecule has 0 spiro atoms. The molecule has 62 valence electrons. The third-order valence-electron chi connectivity index (χ3n) is 1.01. The molecule has 0 rings (SSSR count). The molecule has 4 heteroatoms. The SMILES string of the molecule is CCON(C(C)O)C(C)O. The third kappa shape index (κ3) is 3.12. The lowest BCUT2D eigenvalue weighted by atomic mass is 10.5. The summed E-state index contributed by atoms with van der Waals surface area (Å²) in [5, 5.41) is 19.0. The fourth-order valence-corrected chi connectivity index (χ4v) is 0.677. The molecule has 2 unspecified atom stereocenters. The Hall–Kier alpha value is -0.160. The van der Waals surface area contributed by atoms with Gasteiger partial charge in [-0.2, -0.15) is 0 Å². The summed E-state index contributed by atoms with van der Waals surface area (Å²) in [7, 11) is 0. The number of aliphatic hydroxyl groups excluding tert-OH is 2. The number of hydroxylamine groups is 2. The summed E-state index contributed by atoms with van der Waals surface area (Å²) in [6.07, 6.45) is -1.56. The number of aliphatic hydroxyl groups is 2. The number of nitrogens with zero attached hydrogens (tertiary/aromatic N) is 1. The highest BCUT2D eigenvalue weighted by atomic mass is 16.7. The lowest BCUT2D eigenvalue weighted by Crippen LogP contribution is -2.39. The van der Waals surface area contributed by atoms with Gasteiger partial charge in [-0.05, 0) is 20.8 Å². The molecule has 0 aromatic rings. The quantitative estimate of drug-likeness (QED) is 0.433. The number of hydrogen-bond donors (Lipinski definition) is 2. The summed E-state index contributed by atoms with van der Waals surface area (Å²) in [4.78, 5) is 4.90. The topological polar surface area (TPSA) is 52.9 Å². The molecule has 2 atom stereocenters. The van der Waals surface area contributed by atoms with E-state index in [-0.39, 0.29) is 0 Å². The van der Waals surface area contributed by atoms with Gasteiger partial charge in [0.1, 0.15) is 12.5 Å². The molecule has 0 radical (unpaired) electrons. The van der Waals surface area contributed by atoms with Crippen molar-refractivity contribution in [2.24, 2.45) is 0 Å². The molecule has 0 saturated carbocycles. The van der Waals surface area contributed by atoms with E-state index >= 15 is 0 Å². The third-order valence-corrected chi connectivity index (χ3v) is 1.01. The van der Waals surface area contributed by atoms with Gasteiger partial charge < -0.3 is 10.2 Å². The zero-order chi connectivity index (χ0) is 8.15. The van der Waals surface area contributed by atoms with Crippen molar-refractivity contribution in [3.05, 3.63) is 0 Å². The van der Waals surface area contributed by atoms with Gasteiger partial charge in [-0.25, -0.2) is 0 Å². The molecular weight excluding hydrogens is 134 g/mol. The highest BCUT2D eigenvalue weighted by molar-refractivity contribution is 4.44. The van der Waals surface area contributed by atoms with Crippen LogP contribution < -0.4 is 0 Å². The Bertz CT molecular complexity index is 77.1. The first-order chi connectivity index (χ1) is 4.59. The van der Waals surface area contributed by atoms with Gasteiger partial charge in [0.05, 0.1) is 6.61 Å². The van der Waals surface area contributed by atoms with Gasteiger partial charge in [0.2, 0.25) is 0 Å². The molecule has 0 aliphatic heterocycles. The molecule has 0 aliphatic carbocycles. The van der Waals surface area contributed by atoms with Crippen molar-refractivity contribution in [3.8, 4) is 0 Å². The summed E-state index contributed by atoms with van der Waals surface area (Å²) >= 11 is 0. The molecule has 0 saturated heterocycles. The van der Waals surface area contributed by atoms with Crippen LogP contribution in [-0.2, 0) is 4.84 Å². The van der Waals surface area contributed by atoms with Gasteiger partial charge in [0, 0.05) is 0 Å². The maximum atomic E-state index is 8.95. The Balaban J connectivity index is 3.73. The molecule has 0 amide bonds. The fraction of sp³-hybridized carbons (Fsp3) is 1.00. The van der Waals surface area contributed by atoms with Crippen molar-refractivity contribution >= 4 is 0 Å². The van der Waals surface area contributed by atoms with E-state index in [4.69, 9.17) is 15.1 Å². The van der Waals surface area contributed by atoms with Gasteiger partial charge in [-0.3, -0.25) is 4.84 Å². The van der Waals surface area contributed by atoms with E-state index in [0.29, 0.717) is 6.61 Å². The summed E-state index contributed by atoms with van der Waals surface area (Å²) in [5.41, 5.74) is 0. The normalized spacial score (nSPS) is 17.4. The maximum Gasteiger partial charge on any atom is 0.130 e. The summed E-state index contributed by atoms with van der Waals surface area (Å²) in [6, 6.07) is 0. The van der Waals surface area contributed by atoms with Crippen LogP contribution in [0.15, 0.2) is 0 Å². The minimum absolute atomic E-state index is 0.440. The molecule has 0 fully saturated rings. The van der Waals surface area contributed by atoms with Crippen LogP contribution in [0.1, 0.15) is 20.8 Å². The zero-order valence-electron chi connectivity index (χ0n) is 6.61. The van der Waals surface area contributed by atoms with Crippen molar-refractivity contribution in [1.82, 2.24) is 5.06 Å².